The van der Waals surface area contributed by atoms with Gasteiger partial charge in [0.05, 0.1) is 23.5 Å². The molecular formula is C18H17N3O5S. The molecule has 8 nitrogen and oxygen atoms in total. The van der Waals surface area contributed by atoms with Crippen LogP contribution in [0.5, 0.6) is 5.75 Å². The zero-order chi connectivity index (χ0) is 19.2. The van der Waals surface area contributed by atoms with E-state index >= 15 is 0 Å². The Morgan fingerprint density at radius 2 is 2.00 bits per heavy atom. The Morgan fingerprint density at radius 3 is 2.81 bits per heavy atom. The minimum Gasteiger partial charge on any atom is -0.477 e. The topological polar surface area (TPSA) is 105 Å². The van der Waals surface area contributed by atoms with Crippen LogP contribution < -0.4 is 19.7 Å². The number of rotatable bonds is 4. The van der Waals surface area contributed by atoms with E-state index in [4.69, 9.17) is 4.74 Å². The maximum Gasteiger partial charge on any atom is 0.266 e. The number of fused-ring (bicyclic) bond motifs is 2. The lowest BCUT2D eigenvalue weighted by Crippen LogP contribution is -2.45. The zero-order valence-corrected chi connectivity index (χ0v) is 15.2. The van der Waals surface area contributed by atoms with Crippen molar-refractivity contribution in [2.24, 2.45) is 0 Å². The van der Waals surface area contributed by atoms with E-state index < -0.39 is 22.0 Å². The summed E-state index contributed by atoms with van der Waals surface area (Å²) < 4.78 is 33.2. The highest BCUT2D eigenvalue weighted by Gasteiger charge is 2.30. The van der Waals surface area contributed by atoms with Gasteiger partial charge in [0.15, 0.2) is 6.10 Å². The number of hydrogen-bond donors (Lipinski definition) is 2. The number of hydrogen-bond acceptors (Lipinski definition) is 5. The van der Waals surface area contributed by atoms with Crippen LogP contribution >= 0.6 is 0 Å². The van der Waals surface area contributed by atoms with Gasteiger partial charge in [0, 0.05) is 12.7 Å². The Morgan fingerprint density at radius 1 is 1.22 bits per heavy atom. The average molecular weight is 387 g/mol. The highest BCUT2D eigenvalue weighted by atomic mass is 32.2. The van der Waals surface area contributed by atoms with Crippen LogP contribution in [-0.2, 0) is 26.0 Å². The fourth-order valence-corrected chi connectivity index (χ4v) is 4.19. The van der Waals surface area contributed by atoms with Crippen LogP contribution in [0.4, 0.5) is 11.4 Å². The number of nitrogens with zero attached hydrogens (tertiary/aromatic N) is 1. The number of nitrogens with one attached hydrogen (secondary N) is 2. The van der Waals surface area contributed by atoms with E-state index in [9.17, 15) is 18.0 Å². The summed E-state index contributed by atoms with van der Waals surface area (Å²) in [4.78, 5) is 25.4. The summed E-state index contributed by atoms with van der Waals surface area (Å²) >= 11 is 0. The van der Waals surface area contributed by atoms with Gasteiger partial charge in [-0.25, -0.2) is 13.1 Å². The first-order valence-electron chi connectivity index (χ1n) is 8.31. The van der Waals surface area contributed by atoms with E-state index in [0.29, 0.717) is 22.7 Å². The van der Waals surface area contributed by atoms with Crippen LogP contribution in [0.15, 0.2) is 47.4 Å². The number of benzene rings is 2. The highest BCUT2D eigenvalue weighted by Crippen LogP contribution is 2.30. The second-order valence-corrected chi connectivity index (χ2v) is 8.13. The van der Waals surface area contributed by atoms with Gasteiger partial charge in [-0.05, 0) is 35.9 Å². The number of para-hydroxylation sites is 2. The summed E-state index contributed by atoms with van der Waals surface area (Å²) in [5.41, 5.74) is 1.91. The first-order valence-corrected chi connectivity index (χ1v) is 9.79. The molecule has 1 atom stereocenters. The molecule has 2 heterocycles. The molecule has 0 bridgehead atoms. The third-order valence-electron chi connectivity index (χ3n) is 4.60. The predicted octanol–water partition coefficient (Wildman–Crippen LogP) is 0.883. The van der Waals surface area contributed by atoms with E-state index in [1.165, 1.54) is 17.0 Å². The Bertz CT molecular complexity index is 1050. The van der Waals surface area contributed by atoms with Gasteiger partial charge in [-0.15, -0.1) is 0 Å². The van der Waals surface area contributed by atoms with Crippen LogP contribution in [0.25, 0.3) is 0 Å². The van der Waals surface area contributed by atoms with Crippen molar-refractivity contribution in [2.75, 3.05) is 23.8 Å². The predicted molar refractivity (Wildman–Crippen MR) is 98.2 cm³/mol. The highest BCUT2D eigenvalue weighted by molar-refractivity contribution is 7.89. The van der Waals surface area contributed by atoms with E-state index in [0.717, 1.165) is 0 Å². The number of amides is 2. The van der Waals surface area contributed by atoms with Gasteiger partial charge in [-0.1, -0.05) is 12.1 Å². The molecule has 0 saturated heterocycles. The maximum atomic E-state index is 12.6. The molecule has 2 aromatic rings. The quantitative estimate of drug-likeness (QED) is 0.811. The average Bonchev–Trinajstić information content (AvgIpc) is 2.93. The molecule has 0 radical (unpaired) electrons. The Labute approximate surface area is 156 Å². The third-order valence-corrected chi connectivity index (χ3v) is 6.02. The fraction of sp³-hybridized carbons (Fsp3) is 0.222. The molecule has 2 N–H and O–H groups in total. The number of ether oxygens (including phenoxy) is 1. The van der Waals surface area contributed by atoms with Crippen LogP contribution in [0, 0.1) is 0 Å². The van der Waals surface area contributed by atoms with Crippen LogP contribution in [0.2, 0.25) is 0 Å². The number of carbonyl (C=O) groups is 2. The molecule has 2 amide bonds. The van der Waals surface area contributed by atoms with Gasteiger partial charge in [-0.3, -0.25) is 9.59 Å². The Balaban J connectivity index is 1.49. The minimum absolute atomic E-state index is 0.0426. The molecule has 2 aromatic carbocycles. The summed E-state index contributed by atoms with van der Waals surface area (Å²) in [6.07, 6.45) is -0.808. The first-order chi connectivity index (χ1) is 12.8. The monoisotopic (exact) mass is 387 g/mol. The normalized spacial score (nSPS) is 18.6. The smallest absolute Gasteiger partial charge is 0.266 e. The molecule has 27 heavy (non-hydrogen) atoms. The molecule has 0 spiro atoms. The molecule has 0 fully saturated rings. The fourth-order valence-electron chi connectivity index (χ4n) is 3.11. The van der Waals surface area contributed by atoms with Crippen LogP contribution in [0.1, 0.15) is 5.56 Å². The van der Waals surface area contributed by atoms with E-state index in [2.05, 4.69) is 10.0 Å². The van der Waals surface area contributed by atoms with Crippen molar-refractivity contribution in [3.05, 3.63) is 48.0 Å². The number of anilines is 2. The minimum atomic E-state index is -3.86. The molecule has 1 unspecified atom stereocenters. The van der Waals surface area contributed by atoms with Crippen LogP contribution in [0.3, 0.4) is 0 Å². The molecule has 2 aliphatic heterocycles. The summed E-state index contributed by atoms with van der Waals surface area (Å²) in [7, 11) is -2.21. The molecule has 4 rings (SSSR count). The number of carbonyl (C=O) groups excluding carboxylic acids is 2. The molecule has 2 aliphatic rings. The van der Waals surface area contributed by atoms with Crippen molar-refractivity contribution in [1.82, 2.24) is 4.72 Å². The molecule has 0 saturated carbocycles. The lowest BCUT2D eigenvalue weighted by molar-refractivity contribution is -0.123. The van der Waals surface area contributed by atoms with E-state index in [1.807, 2.05) is 0 Å². The van der Waals surface area contributed by atoms with E-state index in [-0.39, 0.29) is 23.8 Å². The van der Waals surface area contributed by atoms with Gasteiger partial charge in [-0.2, -0.15) is 0 Å². The van der Waals surface area contributed by atoms with Crippen molar-refractivity contribution >= 4 is 33.2 Å². The zero-order valence-electron chi connectivity index (χ0n) is 14.4. The van der Waals surface area contributed by atoms with Crippen molar-refractivity contribution < 1.29 is 22.7 Å². The van der Waals surface area contributed by atoms with Gasteiger partial charge in [0.1, 0.15) is 5.75 Å². The van der Waals surface area contributed by atoms with Gasteiger partial charge >= 0.3 is 0 Å². The summed E-state index contributed by atoms with van der Waals surface area (Å²) in [6.45, 7) is -0.210. The SMILES string of the molecule is CN1C(=O)Cc2cc(S(=O)(=O)NCC3Oc4ccccc4NC3=O)ccc21. The van der Waals surface area contributed by atoms with Crippen molar-refractivity contribution in [1.29, 1.82) is 0 Å². The van der Waals surface area contributed by atoms with Gasteiger partial charge in [0.25, 0.3) is 5.91 Å². The molecule has 0 aromatic heterocycles. The van der Waals surface area contributed by atoms with E-state index in [1.54, 1.807) is 37.4 Å². The Kier molecular flexibility index (Phi) is 4.12. The third kappa shape index (κ3) is 3.15. The number of sulfonamides is 1. The van der Waals surface area contributed by atoms with Gasteiger partial charge < -0.3 is 15.0 Å². The lowest BCUT2D eigenvalue weighted by atomic mass is 10.2. The largest absolute Gasteiger partial charge is 0.477 e. The maximum absolute atomic E-state index is 12.6. The number of likely N-dealkylation sites (N-methyl/N-ethyl adjacent to an activating group) is 1. The molecule has 0 aliphatic carbocycles. The molecule has 140 valence electrons. The first kappa shape index (κ1) is 17.5. The van der Waals surface area contributed by atoms with Crippen molar-refractivity contribution in [3.8, 4) is 5.75 Å². The molecular weight excluding hydrogens is 370 g/mol. The summed E-state index contributed by atoms with van der Waals surface area (Å²) in [6, 6.07) is 11.5. The standard InChI is InChI=1S/C18H17N3O5S/c1-21-14-7-6-12(8-11(14)9-17(21)22)27(24,25)19-10-16-18(23)20-13-4-2-3-5-15(13)26-16/h2-8,16,19H,9-10H2,1H3,(H,20,23). The second-order valence-electron chi connectivity index (χ2n) is 6.36. The van der Waals surface area contributed by atoms with Crippen LogP contribution in [-0.4, -0.2) is 39.9 Å². The van der Waals surface area contributed by atoms with Gasteiger partial charge in [0.2, 0.25) is 15.9 Å². The second kappa shape index (κ2) is 6.36. The summed E-state index contributed by atoms with van der Waals surface area (Å²) in [5, 5.41) is 2.69. The van der Waals surface area contributed by atoms with Crippen molar-refractivity contribution in [3.63, 3.8) is 0 Å². The molecule has 9 heteroatoms. The Hall–Kier alpha value is -2.91. The lowest BCUT2D eigenvalue weighted by Gasteiger charge is -2.25. The summed E-state index contributed by atoms with van der Waals surface area (Å²) in [5.74, 6) is -0.0172. The van der Waals surface area contributed by atoms with Crippen molar-refractivity contribution in [2.45, 2.75) is 17.4 Å².